The van der Waals surface area contributed by atoms with E-state index in [4.69, 9.17) is 9.15 Å². The number of hydrogen-bond acceptors (Lipinski definition) is 5. The van der Waals surface area contributed by atoms with Crippen LogP contribution >= 0.6 is 11.8 Å². The fraction of sp³-hybridized carbons (Fsp3) is 0.273. The Morgan fingerprint density at radius 2 is 1.89 bits per heavy atom. The predicted octanol–water partition coefficient (Wildman–Crippen LogP) is 4.63. The Kier molecular flexibility index (Phi) is 6.76. The van der Waals surface area contributed by atoms with Crippen molar-refractivity contribution >= 4 is 34.3 Å². The molecule has 0 saturated heterocycles. The number of ether oxygens (including phenoxy) is 1. The maximum Gasteiger partial charge on any atom is 0.336 e. The van der Waals surface area contributed by atoms with Gasteiger partial charge in [-0.2, -0.15) is 0 Å². The van der Waals surface area contributed by atoms with Gasteiger partial charge in [0.05, 0.1) is 12.4 Å². The van der Waals surface area contributed by atoms with Gasteiger partial charge in [0.1, 0.15) is 11.3 Å². The lowest BCUT2D eigenvalue weighted by molar-refractivity contribution is -0.113. The number of carbonyl (C=O) groups is 1. The van der Waals surface area contributed by atoms with Gasteiger partial charge in [-0.1, -0.05) is 19.1 Å². The summed E-state index contributed by atoms with van der Waals surface area (Å²) in [4.78, 5) is 24.0. The standard InChI is InChI=1S/C22H23NO4S/c1-3-15-5-10-19-16(12-22(25)27-20(19)11-15)13-28-14-21(24)23-17-6-8-18(9-7-17)26-4-2/h5-12H,3-4,13-14H2,1-2H3,(H,23,24). The molecular formula is C22H23NO4S. The van der Waals surface area contributed by atoms with Crippen LogP contribution in [0.3, 0.4) is 0 Å². The monoisotopic (exact) mass is 397 g/mol. The van der Waals surface area contributed by atoms with Gasteiger partial charge in [-0.25, -0.2) is 4.79 Å². The summed E-state index contributed by atoms with van der Waals surface area (Å²) >= 11 is 1.46. The molecule has 0 spiro atoms. The second-order valence-corrected chi connectivity index (χ2v) is 7.26. The molecule has 1 heterocycles. The zero-order chi connectivity index (χ0) is 19.9. The Balaban J connectivity index is 1.60. The van der Waals surface area contributed by atoms with Gasteiger partial charge in [-0.15, -0.1) is 11.8 Å². The molecule has 0 bridgehead atoms. The highest BCUT2D eigenvalue weighted by molar-refractivity contribution is 7.99. The fourth-order valence-electron chi connectivity index (χ4n) is 2.87. The predicted molar refractivity (Wildman–Crippen MR) is 114 cm³/mol. The van der Waals surface area contributed by atoms with E-state index in [1.54, 1.807) is 0 Å². The van der Waals surface area contributed by atoms with Gasteiger partial charge >= 0.3 is 5.63 Å². The van der Waals surface area contributed by atoms with Gasteiger partial charge in [0.25, 0.3) is 0 Å². The van der Waals surface area contributed by atoms with Crippen molar-refractivity contribution in [1.29, 1.82) is 0 Å². The quantitative estimate of drug-likeness (QED) is 0.562. The maximum atomic E-state index is 12.2. The highest BCUT2D eigenvalue weighted by Gasteiger charge is 2.09. The zero-order valence-corrected chi connectivity index (χ0v) is 16.8. The summed E-state index contributed by atoms with van der Waals surface area (Å²) in [5.74, 6) is 1.54. The van der Waals surface area contributed by atoms with E-state index in [0.717, 1.165) is 34.4 Å². The molecule has 0 radical (unpaired) electrons. The number of benzene rings is 2. The van der Waals surface area contributed by atoms with Crippen molar-refractivity contribution in [2.45, 2.75) is 26.0 Å². The van der Waals surface area contributed by atoms with E-state index in [2.05, 4.69) is 12.2 Å². The minimum Gasteiger partial charge on any atom is -0.494 e. The Labute approximate surface area is 168 Å². The molecule has 3 aromatic rings. The number of rotatable bonds is 8. The van der Waals surface area contributed by atoms with Crippen LogP contribution in [0.2, 0.25) is 0 Å². The first-order valence-corrected chi connectivity index (χ1v) is 10.4. The molecule has 6 heteroatoms. The van der Waals surface area contributed by atoms with Gasteiger partial charge < -0.3 is 14.5 Å². The molecule has 1 aromatic heterocycles. The van der Waals surface area contributed by atoms with Crippen LogP contribution in [0, 0.1) is 0 Å². The van der Waals surface area contributed by atoms with E-state index in [-0.39, 0.29) is 11.5 Å². The molecule has 146 valence electrons. The van der Waals surface area contributed by atoms with Crippen molar-refractivity contribution in [3.05, 3.63) is 70.1 Å². The van der Waals surface area contributed by atoms with Crippen molar-refractivity contribution in [1.82, 2.24) is 0 Å². The van der Waals surface area contributed by atoms with Crippen LogP contribution in [0.25, 0.3) is 11.0 Å². The Morgan fingerprint density at radius 1 is 1.11 bits per heavy atom. The summed E-state index contributed by atoms with van der Waals surface area (Å²) < 4.78 is 10.7. The van der Waals surface area contributed by atoms with Crippen molar-refractivity contribution in [2.75, 3.05) is 17.7 Å². The Morgan fingerprint density at radius 3 is 2.61 bits per heavy atom. The van der Waals surface area contributed by atoms with E-state index in [1.807, 2.05) is 49.4 Å². The van der Waals surface area contributed by atoms with Crippen molar-refractivity contribution < 1.29 is 13.9 Å². The number of hydrogen-bond donors (Lipinski definition) is 1. The first-order valence-electron chi connectivity index (χ1n) is 9.25. The molecule has 0 unspecified atom stereocenters. The van der Waals surface area contributed by atoms with Gasteiger partial charge in [-0.05, 0) is 54.8 Å². The summed E-state index contributed by atoms with van der Waals surface area (Å²) in [6.07, 6.45) is 0.879. The first-order chi connectivity index (χ1) is 13.6. The Bertz CT molecular complexity index is 1010. The molecular weight excluding hydrogens is 374 g/mol. The van der Waals surface area contributed by atoms with Crippen molar-refractivity contribution in [3.8, 4) is 5.75 Å². The highest BCUT2D eigenvalue weighted by Crippen LogP contribution is 2.23. The third-order valence-corrected chi connectivity index (χ3v) is 5.22. The van der Waals surface area contributed by atoms with Crippen LogP contribution in [0.4, 0.5) is 5.69 Å². The van der Waals surface area contributed by atoms with Crippen LogP contribution in [-0.2, 0) is 17.0 Å². The van der Waals surface area contributed by atoms with Crippen LogP contribution in [0.5, 0.6) is 5.75 Å². The van der Waals surface area contributed by atoms with E-state index < -0.39 is 0 Å². The summed E-state index contributed by atoms with van der Waals surface area (Å²) in [6.45, 7) is 4.59. The second-order valence-electron chi connectivity index (χ2n) is 6.27. The molecule has 0 saturated carbocycles. The van der Waals surface area contributed by atoms with Gasteiger partial charge in [0.2, 0.25) is 5.91 Å². The van der Waals surface area contributed by atoms with Crippen LogP contribution < -0.4 is 15.7 Å². The van der Waals surface area contributed by atoms with Crippen LogP contribution in [0.15, 0.2) is 57.7 Å². The lowest BCUT2D eigenvalue weighted by atomic mass is 10.1. The average molecular weight is 397 g/mol. The van der Waals surface area contributed by atoms with E-state index in [0.29, 0.717) is 23.7 Å². The molecule has 1 amide bonds. The van der Waals surface area contributed by atoms with Gasteiger partial charge in [-0.3, -0.25) is 4.79 Å². The number of amides is 1. The maximum absolute atomic E-state index is 12.2. The normalized spacial score (nSPS) is 10.8. The second kappa shape index (κ2) is 9.46. The summed E-state index contributed by atoms with van der Waals surface area (Å²) in [7, 11) is 0. The average Bonchev–Trinajstić information content (AvgIpc) is 2.69. The number of nitrogens with one attached hydrogen (secondary N) is 1. The lowest BCUT2D eigenvalue weighted by Gasteiger charge is -2.08. The summed E-state index contributed by atoms with van der Waals surface area (Å²) in [5.41, 5.74) is 2.96. The molecule has 0 aliphatic rings. The minimum atomic E-state index is -0.366. The van der Waals surface area contributed by atoms with E-state index in [9.17, 15) is 9.59 Å². The van der Waals surface area contributed by atoms with Crippen LogP contribution in [0.1, 0.15) is 25.0 Å². The summed E-state index contributed by atoms with van der Waals surface area (Å²) in [6, 6.07) is 14.7. The molecule has 1 N–H and O–H groups in total. The van der Waals surface area contributed by atoms with Gasteiger partial charge in [0.15, 0.2) is 0 Å². The molecule has 0 aliphatic carbocycles. The third kappa shape index (κ3) is 5.16. The lowest BCUT2D eigenvalue weighted by Crippen LogP contribution is -2.14. The molecule has 0 atom stereocenters. The fourth-order valence-corrected chi connectivity index (χ4v) is 3.68. The molecule has 5 nitrogen and oxygen atoms in total. The number of carbonyl (C=O) groups excluding carboxylic acids is 1. The topological polar surface area (TPSA) is 68.5 Å². The molecule has 2 aromatic carbocycles. The summed E-state index contributed by atoms with van der Waals surface area (Å²) in [5, 5.41) is 3.78. The highest BCUT2D eigenvalue weighted by atomic mass is 32.2. The van der Waals surface area contributed by atoms with E-state index >= 15 is 0 Å². The van der Waals surface area contributed by atoms with Crippen molar-refractivity contribution in [3.63, 3.8) is 0 Å². The number of anilines is 1. The number of aryl methyl sites for hydroxylation is 1. The molecule has 3 rings (SSSR count). The zero-order valence-electron chi connectivity index (χ0n) is 16.0. The SMILES string of the molecule is CCOc1ccc(NC(=O)CSCc2cc(=O)oc3cc(CC)ccc23)cc1. The van der Waals surface area contributed by atoms with Gasteiger partial charge in [0, 0.05) is 22.9 Å². The number of thioether (sulfide) groups is 1. The molecule has 0 fully saturated rings. The van der Waals surface area contributed by atoms with Crippen molar-refractivity contribution in [2.24, 2.45) is 0 Å². The van der Waals surface area contributed by atoms with Crippen LogP contribution in [-0.4, -0.2) is 18.3 Å². The smallest absolute Gasteiger partial charge is 0.336 e. The molecule has 28 heavy (non-hydrogen) atoms. The minimum absolute atomic E-state index is 0.0882. The third-order valence-electron chi connectivity index (χ3n) is 4.24. The largest absolute Gasteiger partial charge is 0.494 e. The Hall–Kier alpha value is -2.73. The molecule has 0 aliphatic heterocycles. The first kappa shape index (κ1) is 20.0. The van der Waals surface area contributed by atoms with E-state index in [1.165, 1.54) is 17.8 Å². The number of fused-ring (bicyclic) bond motifs is 1.